The van der Waals surface area contributed by atoms with E-state index in [0.717, 1.165) is 11.3 Å². The van der Waals surface area contributed by atoms with Crippen molar-refractivity contribution >= 4 is 17.9 Å². The maximum Gasteiger partial charge on any atom is 0.343 e. The molecule has 0 radical (unpaired) electrons. The van der Waals surface area contributed by atoms with Crippen molar-refractivity contribution in [2.24, 2.45) is 4.99 Å². The van der Waals surface area contributed by atoms with E-state index < -0.39 is 5.97 Å². The Morgan fingerprint density at radius 1 is 1.00 bits per heavy atom. The predicted molar refractivity (Wildman–Crippen MR) is 95.9 cm³/mol. The molecule has 0 bridgehead atoms. The lowest BCUT2D eigenvalue weighted by molar-refractivity contribution is 0.0734. The zero-order chi connectivity index (χ0) is 17.5. The number of nitrogens with zero attached hydrogens (tertiary/aromatic N) is 2. The van der Waals surface area contributed by atoms with Crippen molar-refractivity contribution in [3.8, 4) is 11.5 Å². The normalized spacial score (nSPS) is 10.6. The molecule has 1 heterocycles. The number of benzene rings is 2. The van der Waals surface area contributed by atoms with Gasteiger partial charge in [0.1, 0.15) is 11.5 Å². The van der Waals surface area contributed by atoms with Crippen LogP contribution >= 0.6 is 0 Å². The molecule has 0 aliphatic carbocycles. The van der Waals surface area contributed by atoms with Crippen molar-refractivity contribution in [2.45, 2.75) is 0 Å². The molecule has 3 aromatic rings. The maximum atomic E-state index is 12.1. The highest BCUT2D eigenvalue weighted by Crippen LogP contribution is 2.16. The minimum Gasteiger partial charge on any atom is -0.497 e. The van der Waals surface area contributed by atoms with Gasteiger partial charge >= 0.3 is 5.97 Å². The minimum absolute atomic E-state index is 0.417. The van der Waals surface area contributed by atoms with Gasteiger partial charge in [0.2, 0.25) is 0 Å². The van der Waals surface area contributed by atoms with E-state index in [-0.39, 0.29) is 0 Å². The van der Waals surface area contributed by atoms with Gasteiger partial charge in [-0.2, -0.15) is 0 Å². The van der Waals surface area contributed by atoms with Crippen molar-refractivity contribution in [3.05, 3.63) is 84.2 Å². The Balaban J connectivity index is 1.63. The zero-order valence-corrected chi connectivity index (χ0v) is 13.6. The first-order valence-corrected chi connectivity index (χ1v) is 7.65. The van der Waals surface area contributed by atoms with Crippen LogP contribution in [0.2, 0.25) is 0 Å². The van der Waals surface area contributed by atoms with E-state index in [4.69, 9.17) is 9.47 Å². The lowest BCUT2D eigenvalue weighted by atomic mass is 10.2. The standard InChI is InChI=1S/C20H16N2O3/c1-24-18-10-6-16(7-11-18)20(23)25-19-8-4-15(5-9-19)13-22-17-3-2-12-21-14-17/h2-14H,1H3. The van der Waals surface area contributed by atoms with Crippen molar-refractivity contribution in [2.75, 3.05) is 7.11 Å². The number of hydrogen-bond donors (Lipinski definition) is 0. The first-order valence-electron chi connectivity index (χ1n) is 7.65. The summed E-state index contributed by atoms with van der Waals surface area (Å²) in [5.74, 6) is 0.743. The summed E-state index contributed by atoms with van der Waals surface area (Å²) < 4.78 is 10.4. The summed E-state index contributed by atoms with van der Waals surface area (Å²) in [6.45, 7) is 0. The highest BCUT2D eigenvalue weighted by atomic mass is 16.5. The van der Waals surface area contributed by atoms with Crippen LogP contribution in [0.5, 0.6) is 11.5 Å². The van der Waals surface area contributed by atoms with Gasteiger partial charge in [0.05, 0.1) is 24.6 Å². The number of carbonyl (C=O) groups excluding carboxylic acids is 1. The van der Waals surface area contributed by atoms with Gasteiger partial charge in [-0.05, 0) is 66.2 Å². The van der Waals surface area contributed by atoms with Crippen molar-refractivity contribution in [1.82, 2.24) is 4.98 Å². The monoisotopic (exact) mass is 332 g/mol. The molecule has 5 heteroatoms. The number of carbonyl (C=O) groups is 1. The molecule has 1 aromatic heterocycles. The summed E-state index contributed by atoms with van der Waals surface area (Å²) in [5, 5.41) is 0. The molecule has 3 rings (SSSR count). The predicted octanol–water partition coefficient (Wildman–Crippen LogP) is 4.06. The number of hydrogen-bond acceptors (Lipinski definition) is 5. The van der Waals surface area contributed by atoms with Crippen LogP contribution in [0.1, 0.15) is 15.9 Å². The van der Waals surface area contributed by atoms with Crippen molar-refractivity contribution in [1.29, 1.82) is 0 Å². The van der Waals surface area contributed by atoms with Crippen LogP contribution in [0.15, 0.2) is 78.0 Å². The van der Waals surface area contributed by atoms with Gasteiger partial charge in [-0.25, -0.2) is 4.79 Å². The Hall–Kier alpha value is -3.47. The first kappa shape index (κ1) is 16.4. The third kappa shape index (κ3) is 4.51. The molecule has 124 valence electrons. The summed E-state index contributed by atoms with van der Waals surface area (Å²) in [5.41, 5.74) is 2.13. The average Bonchev–Trinajstić information content (AvgIpc) is 2.68. The second-order valence-corrected chi connectivity index (χ2v) is 5.16. The summed E-state index contributed by atoms with van der Waals surface area (Å²) in [6.07, 6.45) is 5.11. The third-order valence-electron chi connectivity index (χ3n) is 3.42. The Morgan fingerprint density at radius 2 is 1.72 bits per heavy atom. The van der Waals surface area contributed by atoms with Crippen molar-refractivity contribution < 1.29 is 14.3 Å². The second kappa shape index (κ2) is 7.88. The van der Waals surface area contributed by atoms with Crippen LogP contribution in [0.4, 0.5) is 5.69 Å². The van der Waals surface area contributed by atoms with E-state index in [1.807, 2.05) is 24.3 Å². The van der Waals surface area contributed by atoms with Crippen LogP contribution in [0.3, 0.4) is 0 Å². The van der Waals surface area contributed by atoms with Gasteiger partial charge in [-0.15, -0.1) is 0 Å². The number of methoxy groups -OCH3 is 1. The fraction of sp³-hybridized carbons (Fsp3) is 0.0500. The molecule has 0 N–H and O–H groups in total. The van der Waals surface area contributed by atoms with Gasteiger partial charge in [-0.3, -0.25) is 9.98 Å². The largest absolute Gasteiger partial charge is 0.497 e. The molecule has 0 saturated heterocycles. The lowest BCUT2D eigenvalue weighted by Gasteiger charge is -2.05. The van der Waals surface area contributed by atoms with Gasteiger partial charge in [0.25, 0.3) is 0 Å². The summed E-state index contributed by atoms with van der Waals surface area (Å²) in [6, 6.07) is 17.6. The Morgan fingerprint density at radius 3 is 2.36 bits per heavy atom. The van der Waals surface area contributed by atoms with Crippen LogP contribution in [-0.2, 0) is 0 Å². The lowest BCUT2D eigenvalue weighted by Crippen LogP contribution is -2.08. The number of pyridine rings is 1. The zero-order valence-electron chi connectivity index (χ0n) is 13.6. The SMILES string of the molecule is COc1ccc(C(=O)Oc2ccc(C=Nc3cccnc3)cc2)cc1. The van der Waals surface area contributed by atoms with E-state index in [0.29, 0.717) is 17.1 Å². The molecular weight excluding hydrogens is 316 g/mol. The Bertz CT molecular complexity index is 858. The maximum absolute atomic E-state index is 12.1. The molecule has 0 aliphatic heterocycles. The van der Waals surface area contributed by atoms with Crippen LogP contribution in [0, 0.1) is 0 Å². The van der Waals surface area contributed by atoms with Gasteiger partial charge in [0.15, 0.2) is 0 Å². The number of ether oxygens (including phenoxy) is 2. The van der Waals surface area contributed by atoms with E-state index in [1.165, 1.54) is 0 Å². The van der Waals surface area contributed by atoms with Crippen LogP contribution < -0.4 is 9.47 Å². The highest BCUT2D eigenvalue weighted by Gasteiger charge is 2.08. The third-order valence-corrected chi connectivity index (χ3v) is 3.42. The molecule has 0 fully saturated rings. The molecule has 25 heavy (non-hydrogen) atoms. The smallest absolute Gasteiger partial charge is 0.343 e. The second-order valence-electron chi connectivity index (χ2n) is 5.16. The summed E-state index contributed by atoms with van der Waals surface area (Å²) >= 11 is 0. The van der Waals surface area contributed by atoms with E-state index in [9.17, 15) is 4.79 Å². The molecule has 0 atom stereocenters. The number of rotatable bonds is 5. The Kier molecular flexibility index (Phi) is 5.16. The fourth-order valence-corrected chi connectivity index (χ4v) is 2.09. The molecule has 2 aromatic carbocycles. The van der Waals surface area contributed by atoms with E-state index >= 15 is 0 Å². The topological polar surface area (TPSA) is 60.8 Å². The number of aliphatic imine (C=N–C) groups is 1. The Labute approximate surface area is 145 Å². The number of esters is 1. The average molecular weight is 332 g/mol. The fourth-order valence-electron chi connectivity index (χ4n) is 2.09. The van der Waals surface area contributed by atoms with Crippen LogP contribution in [-0.4, -0.2) is 24.3 Å². The van der Waals surface area contributed by atoms with Gasteiger partial charge in [-0.1, -0.05) is 0 Å². The van der Waals surface area contributed by atoms with E-state index in [1.54, 1.807) is 62.1 Å². The molecule has 0 spiro atoms. The first-order chi connectivity index (χ1) is 12.2. The number of aromatic nitrogens is 1. The molecule has 5 nitrogen and oxygen atoms in total. The van der Waals surface area contributed by atoms with Gasteiger partial charge in [0, 0.05) is 12.4 Å². The van der Waals surface area contributed by atoms with Crippen LogP contribution in [0.25, 0.3) is 0 Å². The molecular formula is C20H16N2O3. The molecule has 0 amide bonds. The minimum atomic E-state index is -0.417. The molecule has 0 unspecified atom stereocenters. The molecule has 0 saturated carbocycles. The highest BCUT2D eigenvalue weighted by molar-refractivity contribution is 5.91. The van der Waals surface area contributed by atoms with Crippen molar-refractivity contribution in [3.63, 3.8) is 0 Å². The van der Waals surface area contributed by atoms with Gasteiger partial charge < -0.3 is 9.47 Å². The van der Waals surface area contributed by atoms with E-state index in [2.05, 4.69) is 9.98 Å². The summed E-state index contributed by atoms with van der Waals surface area (Å²) in [7, 11) is 1.58. The quantitative estimate of drug-likeness (QED) is 0.401. The molecule has 0 aliphatic rings. The summed E-state index contributed by atoms with van der Waals surface area (Å²) in [4.78, 5) is 20.4.